The Morgan fingerprint density at radius 2 is 1.90 bits per heavy atom. The third-order valence-electron chi connectivity index (χ3n) is 5.49. The van der Waals surface area contributed by atoms with E-state index >= 15 is 0 Å². The van der Waals surface area contributed by atoms with E-state index in [-0.39, 0.29) is 0 Å². The molecule has 3 aromatic rings. The minimum Gasteiger partial charge on any atom is -0.320 e. The second-order valence-electron chi connectivity index (χ2n) is 7.50. The number of halogens is 4. The smallest absolute Gasteiger partial charge is 0.320 e. The number of hydrogen-bond donors (Lipinski definition) is 0. The van der Waals surface area contributed by atoms with Crippen molar-refractivity contribution in [2.75, 3.05) is 20.1 Å². The summed E-state index contributed by atoms with van der Waals surface area (Å²) in [4.78, 5) is 5.89. The van der Waals surface area contributed by atoms with Crippen LogP contribution in [-0.4, -0.2) is 34.6 Å². The molecule has 0 amide bonds. The number of nitrogens with zero attached hydrogens (tertiary/aromatic N) is 3. The Balaban J connectivity index is 1.81. The number of pyridine rings is 1. The molecule has 1 aliphatic rings. The summed E-state index contributed by atoms with van der Waals surface area (Å²) in [5.41, 5.74) is 4.20. The number of fused-ring (bicyclic) bond motifs is 3. The molecule has 1 aromatic carbocycles. The van der Waals surface area contributed by atoms with Gasteiger partial charge in [-0.05, 0) is 61.4 Å². The van der Waals surface area contributed by atoms with Crippen molar-refractivity contribution < 1.29 is 13.2 Å². The van der Waals surface area contributed by atoms with Gasteiger partial charge in [0.15, 0.2) is 0 Å². The van der Waals surface area contributed by atoms with Gasteiger partial charge in [0.1, 0.15) is 5.69 Å². The van der Waals surface area contributed by atoms with E-state index < -0.39 is 11.9 Å². The summed E-state index contributed by atoms with van der Waals surface area (Å²) in [5, 5.41) is 1.83. The third kappa shape index (κ3) is 3.91. The molecule has 0 aliphatic carbocycles. The van der Waals surface area contributed by atoms with Gasteiger partial charge in [0.05, 0.1) is 5.52 Å². The highest BCUT2D eigenvalue weighted by molar-refractivity contribution is 6.31. The van der Waals surface area contributed by atoms with Gasteiger partial charge in [-0.2, -0.15) is 13.2 Å². The number of allylic oxidation sites excluding steroid dienone is 1. The quantitative estimate of drug-likeness (QED) is 0.526. The van der Waals surface area contributed by atoms with Crippen molar-refractivity contribution in [2.45, 2.75) is 25.9 Å². The van der Waals surface area contributed by atoms with Crippen molar-refractivity contribution in [1.82, 2.24) is 14.5 Å². The lowest BCUT2D eigenvalue weighted by Gasteiger charge is -2.13. The monoisotopic (exact) mass is 419 g/mol. The predicted molar refractivity (Wildman–Crippen MR) is 111 cm³/mol. The number of hydrogen-bond acceptors (Lipinski definition) is 2. The molecule has 0 spiro atoms. The van der Waals surface area contributed by atoms with Crippen LogP contribution in [0.5, 0.6) is 0 Å². The zero-order valence-electron chi connectivity index (χ0n) is 16.2. The van der Waals surface area contributed by atoms with E-state index in [1.165, 1.54) is 23.5 Å². The zero-order valence-corrected chi connectivity index (χ0v) is 17.0. The molecule has 0 bridgehead atoms. The molecule has 152 valence electrons. The molecule has 0 atom stereocenters. The molecule has 4 rings (SSSR count). The second kappa shape index (κ2) is 7.50. The highest BCUT2D eigenvalue weighted by Crippen LogP contribution is 2.33. The number of benzene rings is 1. The average molecular weight is 420 g/mol. The lowest BCUT2D eigenvalue weighted by Crippen LogP contribution is -2.21. The fraction of sp³-hybridized carbons (Fsp3) is 0.318. The summed E-state index contributed by atoms with van der Waals surface area (Å²) in [6, 6.07) is 8.37. The Morgan fingerprint density at radius 3 is 2.59 bits per heavy atom. The molecule has 7 heteroatoms. The predicted octanol–water partition coefficient (Wildman–Crippen LogP) is 5.76. The van der Waals surface area contributed by atoms with Crippen LogP contribution in [0.4, 0.5) is 13.2 Å². The van der Waals surface area contributed by atoms with Gasteiger partial charge in [0, 0.05) is 48.0 Å². The molecule has 29 heavy (non-hydrogen) atoms. The third-order valence-corrected chi connectivity index (χ3v) is 5.72. The highest BCUT2D eigenvalue weighted by atomic mass is 35.5. The molecule has 0 unspecified atom stereocenters. The van der Waals surface area contributed by atoms with Crippen molar-refractivity contribution >= 4 is 34.3 Å². The fourth-order valence-corrected chi connectivity index (χ4v) is 4.05. The Hall–Kier alpha value is -2.31. The maximum atomic E-state index is 12.8. The molecule has 1 aliphatic heterocycles. The van der Waals surface area contributed by atoms with Crippen LogP contribution in [0.1, 0.15) is 29.4 Å². The topological polar surface area (TPSA) is 21.1 Å². The van der Waals surface area contributed by atoms with Crippen molar-refractivity contribution in [3.8, 4) is 0 Å². The molecular formula is C22H21ClF3N3. The van der Waals surface area contributed by atoms with E-state index in [2.05, 4.69) is 21.5 Å². The van der Waals surface area contributed by atoms with E-state index in [0.29, 0.717) is 10.6 Å². The highest BCUT2D eigenvalue weighted by Gasteiger charge is 2.32. The minimum atomic E-state index is -4.44. The summed E-state index contributed by atoms with van der Waals surface area (Å²) in [6.45, 7) is 3.82. The zero-order chi connectivity index (χ0) is 20.8. The normalized spacial score (nSPS) is 16.1. The van der Waals surface area contributed by atoms with Crippen LogP contribution in [0.2, 0.25) is 5.02 Å². The van der Waals surface area contributed by atoms with Gasteiger partial charge in [-0.3, -0.25) is 4.98 Å². The van der Waals surface area contributed by atoms with Crippen LogP contribution >= 0.6 is 11.6 Å². The summed E-state index contributed by atoms with van der Waals surface area (Å²) in [6.07, 6.45) is 0.668. The Morgan fingerprint density at radius 1 is 1.14 bits per heavy atom. The first-order valence-corrected chi connectivity index (χ1v) is 9.83. The van der Waals surface area contributed by atoms with Crippen molar-refractivity contribution in [3.63, 3.8) is 0 Å². The van der Waals surface area contributed by atoms with Crippen LogP contribution in [0.15, 0.2) is 36.5 Å². The van der Waals surface area contributed by atoms with Gasteiger partial charge < -0.3 is 9.47 Å². The Bertz CT molecular complexity index is 1080. The maximum absolute atomic E-state index is 12.8. The van der Waals surface area contributed by atoms with Gasteiger partial charge in [-0.15, -0.1) is 0 Å². The Kier molecular flexibility index (Phi) is 5.17. The van der Waals surface area contributed by atoms with Crippen LogP contribution in [0, 0.1) is 0 Å². The first kappa shape index (κ1) is 20.0. The lowest BCUT2D eigenvalue weighted by atomic mass is 10.1. The fourth-order valence-electron chi connectivity index (χ4n) is 3.88. The molecular weight excluding hydrogens is 399 g/mol. The van der Waals surface area contributed by atoms with Crippen molar-refractivity contribution in [3.05, 3.63) is 64.1 Å². The summed E-state index contributed by atoms with van der Waals surface area (Å²) in [7, 11) is 2.11. The molecule has 0 N–H and O–H groups in total. The number of alkyl halides is 3. The van der Waals surface area contributed by atoms with Gasteiger partial charge in [-0.1, -0.05) is 17.7 Å². The lowest BCUT2D eigenvalue weighted by molar-refractivity contribution is -0.141. The molecule has 2 aromatic heterocycles. The van der Waals surface area contributed by atoms with Crippen molar-refractivity contribution in [2.24, 2.45) is 0 Å². The van der Waals surface area contributed by atoms with E-state index in [4.69, 9.17) is 11.6 Å². The molecule has 0 fully saturated rings. The Labute approximate surface area is 172 Å². The van der Waals surface area contributed by atoms with E-state index in [0.717, 1.165) is 48.5 Å². The van der Waals surface area contributed by atoms with Crippen LogP contribution in [0.25, 0.3) is 22.7 Å². The summed E-state index contributed by atoms with van der Waals surface area (Å²) >= 11 is 6.26. The summed E-state index contributed by atoms with van der Waals surface area (Å²) < 4.78 is 40.5. The first-order valence-electron chi connectivity index (χ1n) is 9.46. The van der Waals surface area contributed by atoms with E-state index in [1.807, 2.05) is 31.3 Å². The van der Waals surface area contributed by atoms with E-state index in [9.17, 15) is 13.2 Å². The van der Waals surface area contributed by atoms with Crippen LogP contribution in [-0.2, 0) is 19.0 Å². The largest absolute Gasteiger partial charge is 0.433 e. The molecule has 0 radical (unpaired) electrons. The standard InChI is InChI=1S/C22H21ClF3N3/c1-14(15-3-6-21(27-12-15)22(24,25)26)13-29-19-5-4-16(23)11-18(19)17-7-9-28(2)10-8-20(17)29/h3-6,11-13H,7-10H2,1-2H3/b14-13+. The molecule has 3 heterocycles. The summed E-state index contributed by atoms with van der Waals surface area (Å²) in [5.74, 6) is 0. The molecule has 0 saturated heterocycles. The number of aromatic nitrogens is 2. The van der Waals surface area contributed by atoms with Gasteiger partial charge in [-0.25, -0.2) is 0 Å². The second-order valence-corrected chi connectivity index (χ2v) is 7.94. The van der Waals surface area contributed by atoms with Crippen LogP contribution < -0.4 is 0 Å². The molecule has 0 saturated carbocycles. The van der Waals surface area contributed by atoms with Gasteiger partial charge in [0.2, 0.25) is 0 Å². The van der Waals surface area contributed by atoms with Gasteiger partial charge >= 0.3 is 6.18 Å². The van der Waals surface area contributed by atoms with E-state index in [1.54, 1.807) is 0 Å². The number of likely N-dealkylation sites (N-methyl/N-ethyl adjacent to an activating group) is 1. The SMILES string of the molecule is C/C(=C\n1c2c(c3cc(Cl)ccc31)CCN(C)CC2)c1ccc(C(F)(F)F)nc1. The van der Waals surface area contributed by atoms with Crippen LogP contribution in [0.3, 0.4) is 0 Å². The first-order chi connectivity index (χ1) is 13.7. The average Bonchev–Trinajstić information content (AvgIpc) is 2.81. The maximum Gasteiger partial charge on any atom is 0.433 e. The molecule has 3 nitrogen and oxygen atoms in total. The van der Waals surface area contributed by atoms with Crippen molar-refractivity contribution in [1.29, 1.82) is 0 Å². The number of rotatable bonds is 2. The van der Waals surface area contributed by atoms with Gasteiger partial charge in [0.25, 0.3) is 0 Å². The minimum absolute atomic E-state index is 0.660.